The van der Waals surface area contributed by atoms with Crippen molar-refractivity contribution in [3.8, 4) is 0 Å². The van der Waals surface area contributed by atoms with Gasteiger partial charge in [-0.15, -0.1) is 0 Å². The SMILES string of the molecule is Cc1cc(NC(=O)[C@H](CCN)NC(=O)[C@@H]2Cc3ccccc3CN2C(=O)CCC(=O)N2CC[C@H](C)C2)ccc1Cl. The number of halogens is 1. The molecular weight excluding hydrogens is 530 g/mol. The van der Waals surface area contributed by atoms with Gasteiger partial charge in [-0.3, -0.25) is 19.2 Å². The number of likely N-dealkylation sites (tertiary alicyclic amines) is 1. The van der Waals surface area contributed by atoms with Gasteiger partial charge in [0.1, 0.15) is 12.1 Å². The minimum Gasteiger partial charge on any atom is -0.342 e. The third-order valence-electron chi connectivity index (χ3n) is 7.71. The topological polar surface area (TPSA) is 125 Å². The molecule has 4 N–H and O–H groups in total. The number of amides is 4. The minimum atomic E-state index is -0.888. The Morgan fingerprint density at radius 3 is 2.48 bits per heavy atom. The van der Waals surface area contributed by atoms with Gasteiger partial charge in [-0.1, -0.05) is 42.8 Å². The van der Waals surface area contributed by atoms with Crippen molar-refractivity contribution < 1.29 is 19.2 Å². The maximum Gasteiger partial charge on any atom is 0.246 e. The highest BCUT2D eigenvalue weighted by atomic mass is 35.5. The average Bonchev–Trinajstić information content (AvgIpc) is 3.38. The third kappa shape index (κ3) is 7.20. The van der Waals surface area contributed by atoms with E-state index in [1.807, 2.05) is 36.1 Å². The van der Waals surface area contributed by atoms with Gasteiger partial charge in [0.15, 0.2) is 0 Å². The number of aryl methyl sites for hydroxylation is 1. The second kappa shape index (κ2) is 13.3. The Morgan fingerprint density at radius 2 is 1.80 bits per heavy atom. The molecule has 4 rings (SSSR count). The Labute approximate surface area is 240 Å². The highest BCUT2D eigenvalue weighted by Gasteiger charge is 2.36. The average molecular weight is 568 g/mol. The van der Waals surface area contributed by atoms with Crippen molar-refractivity contribution >= 4 is 40.9 Å². The van der Waals surface area contributed by atoms with Gasteiger partial charge in [-0.05, 0) is 67.1 Å². The summed E-state index contributed by atoms with van der Waals surface area (Å²) in [4.78, 5) is 56.2. The first kappa shape index (κ1) is 29.6. The lowest BCUT2D eigenvalue weighted by Crippen LogP contribution is -2.56. The Morgan fingerprint density at radius 1 is 1.07 bits per heavy atom. The van der Waals surface area contributed by atoms with Crippen molar-refractivity contribution in [1.29, 1.82) is 0 Å². The lowest BCUT2D eigenvalue weighted by atomic mass is 9.92. The first-order chi connectivity index (χ1) is 19.2. The number of nitrogens with zero attached hydrogens (tertiary/aromatic N) is 2. The molecule has 2 aromatic rings. The molecule has 2 aromatic carbocycles. The van der Waals surface area contributed by atoms with Crippen molar-refractivity contribution in [2.45, 2.75) is 64.6 Å². The Hall–Kier alpha value is -3.43. The Bertz CT molecular complexity index is 1270. The number of carbonyl (C=O) groups is 4. The van der Waals surface area contributed by atoms with Crippen LogP contribution < -0.4 is 16.4 Å². The molecule has 4 amide bonds. The van der Waals surface area contributed by atoms with Gasteiger partial charge in [0.25, 0.3) is 0 Å². The number of hydrogen-bond donors (Lipinski definition) is 3. The molecule has 2 aliphatic heterocycles. The fourth-order valence-corrected chi connectivity index (χ4v) is 5.47. The number of nitrogens with one attached hydrogen (secondary N) is 2. The van der Waals surface area contributed by atoms with Crippen molar-refractivity contribution in [2.24, 2.45) is 11.7 Å². The van der Waals surface area contributed by atoms with Crippen molar-refractivity contribution in [1.82, 2.24) is 15.1 Å². The fraction of sp³-hybridized carbons (Fsp3) is 0.467. The van der Waals surface area contributed by atoms with Crippen LogP contribution in [0.15, 0.2) is 42.5 Å². The summed E-state index contributed by atoms with van der Waals surface area (Å²) in [5.74, 6) is -0.655. The van der Waals surface area contributed by atoms with E-state index >= 15 is 0 Å². The van der Waals surface area contributed by atoms with Gasteiger partial charge in [-0.25, -0.2) is 0 Å². The third-order valence-corrected chi connectivity index (χ3v) is 8.14. The molecular formula is C30H38ClN5O4. The highest BCUT2D eigenvalue weighted by Crippen LogP contribution is 2.25. The summed E-state index contributed by atoms with van der Waals surface area (Å²) in [7, 11) is 0. The molecule has 9 nitrogen and oxygen atoms in total. The Balaban J connectivity index is 1.46. The van der Waals surface area contributed by atoms with Crippen LogP contribution >= 0.6 is 11.6 Å². The number of anilines is 1. The number of benzene rings is 2. The molecule has 2 heterocycles. The smallest absolute Gasteiger partial charge is 0.246 e. The molecule has 3 atom stereocenters. The summed E-state index contributed by atoms with van der Waals surface area (Å²) in [5.41, 5.74) is 9.09. The molecule has 0 saturated carbocycles. The number of nitrogens with two attached hydrogens (primary N) is 1. The van der Waals surface area contributed by atoms with Crippen molar-refractivity contribution in [3.63, 3.8) is 0 Å². The van der Waals surface area contributed by atoms with Crippen LogP contribution in [0, 0.1) is 12.8 Å². The second-order valence-corrected chi connectivity index (χ2v) is 11.2. The number of carbonyl (C=O) groups excluding carboxylic acids is 4. The number of rotatable bonds is 9. The summed E-state index contributed by atoms with van der Waals surface area (Å²) in [5, 5.41) is 6.25. The predicted molar refractivity (Wildman–Crippen MR) is 154 cm³/mol. The predicted octanol–water partition coefficient (Wildman–Crippen LogP) is 3.02. The van der Waals surface area contributed by atoms with Crippen LogP contribution in [0.4, 0.5) is 5.69 Å². The molecule has 1 fully saturated rings. The monoisotopic (exact) mass is 567 g/mol. The molecule has 0 radical (unpaired) electrons. The van der Waals surface area contributed by atoms with E-state index in [1.165, 1.54) is 4.90 Å². The van der Waals surface area contributed by atoms with Gasteiger partial charge in [0.2, 0.25) is 23.6 Å². The quantitative estimate of drug-likeness (QED) is 0.429. The van der Waals surface area contributed by atoms with Gasteiger partial charge in [-0.2, -0.15) is 0 Å². The second-order valence-electron chi connectivity index (χ2n) is 10.8. The molecule has 0 unspecified atom stereocenters. The normalized spacial score (nSPS) is 19.1. The first-order valence-corrected chi connectivity index (χ1v) is 14.3. The molecule has 2 aliphatic rings. The maximum atomic E-state index is 13.6. The van der Waals surface area contributed by atoms with Gasteiger partial charge in [0, 0.05) is 49.6 Å². The molecule has 40 heavy (non-hydrogen) atoms. The summed E-state index contributed by atoms with van der Waals surface area (Å²) in [6.45, 7) is 5.83. The van der Waals surface area contributed by atoms with E-state index < -0.39 is 23.9 Å². The zero-order valence-corrected chi connectivity index (χ0v) is 23.9. The molecule has 0 aliphatic carbocycles. The summed E-state index contributed by atoms with van der Waals surface area (Å²) < 4.78 is 0. The van der Waals surface area contributed by atoms with Crippen molar-refractivity contribution in [2.75, 3.05) is 25.0 Å². The van der Waals surface area contributed by atoms with E-state index in [4.69, 9.17) is 17.3 Å². The van der Waals surface area contributed by atoms with Gasteiger partial charge in [0.05, 0.1) is 0 Å². The molecule has 10 heteroatoms. The Kier molecular flexibility index (Phi) is 9.81. The molecule has 0 aromatic heterocycles. The van der Waals surface area contributed by atoms with Crippen LogP contribution in [0.5, 0.6) is 0 Å². The molecule has 0 bridgehead atoms. The van der Waals surface area contributed by atoms with E-state index in [0.717, 1.165) is 36.2 Å². The molecule has 1 saturated heterocycles. The van der Waals surface area contributed by atoms with Gasteiger partial charge < -0.3 is 26.2 Å². The van der Waals surface area contributed by atoms with Crippen LogP contribution in [-0.4, -0.2) is 65.1 Å². The maximum absolute atomic E-state index is 13.6. The summed E-state index contributed by atoms with van der Waals surface area (Å²) in [6.07, 6.45) is 1.65. The standard InChI is InChI=1S/C30H38ClN5O4/c1-19-12-14-35(17-19)27(37)9-10-28(38)36-18-22-6-4-3-5-21(22)16-26(36)30(40)34-25(11-13-32)29(39)33-23-7-8-24(31)20(2)15-23/h3-8,15,19,25-26H,9-14,16-18,32H2,1-2H3,(H,33,39)(H,34,40)/t19-,25-,26-/m0/s1. The van der Waals surface area contributed by atoms with E-state index in [1.54, 1.807) is 18.2 Å². The van der Waals surface area contributed by atoms with E-state index in [9.17, 15) is 19.2 Å². The van der Waals surface area contributed by atoms with Crippen molar-refractivity contribution in [3.05, 3.63) is 64.2 Å². The van der Waals surface area contributed by atoms with E-state index in [2.05, 4.69) is 17.6 Å². The minimum absolute atomic E-state index is 0.0261. The fourth-order valence-electron chi connectivity index (χ4n) is 5.35. The van der Waals surface area contributed by atoms with Crippen LogP contribution in [-0.2, 0) is 32.1 Å². The largest absolute Gasteiger partial charge is 0.342 e. The van der Waals surface area contributed by atoms with Crippen LogP contribution in [0.1, 0.15) is 49.3 Å². The lowest BCUT2D eigenvalue weighted by molar-refractivity contribution is -0.144. The number of fused-ring (bicyclic) bond motifs is 1. The first-order valence-electron chi connectivity index (χ1n) is 13.9. The zero-order valence-electron chi connectivity index (χ0n) is 23.1. The molecule has 214 valence electrons. The van der Waals surface area contributed by atoms with E-state index in [-0.39, 0.29) is 44.2 Å². The summed E-state index contributed by atoms with van der Waals surface area (Å²) >= 11 is 6.10. The molecule has 0 spiro atoms. The number of hydrogen-bond acceptors (Lipinski definition) is 5. The summed E-state index contributed by atoms with van der Waals surface area (Å²) in [6, 6.07) is 11.1. The van der Waals surface area contributed by atoms with Gasteiger partial charge >= 0.3 is 0 Å². The van der Waals surface area contributed by atoms with Crippen LogP contribution in [0.25, 0.3) is 0 Å². The van der Waals surface area contributed by atoms with E-state index in [0.29, 0.717) is 23.0 Å². The van der Waals surface area contributed by atoms with Crippen LogP contribution in [0.2, 0.25) is 5.02 Å². The zero-order chi connectivity index (χ0) is 28.8. The lowest BCUT2D eigenvalue weighted by Gasteiger charge is -2.37. The highest BCUT2D eigenvalue weighted by molar-refractivity contribution is 6.31. The van der Waals surface area contributed by atoms with Crippen LogP contribution in [0.3, 0.4) is 0 Å².